The smallest absolute Gasteiger partial charge is 0.338 e. The Morgan fingerprint density at radius 3 is 2.64 bits per heavy atom. The number of carbonyl (C=O) groups is 1. The molecule has 130 valence electrons. The zero-order valence-electron chi connectivity index (χ0n) is 12.7. The van der Waals surface area contributed by atoms with Gasteiger partial charge in [0.15, 0.2) is 0 Å². The van der Waals surface area contributed by atoms with Crippen LogP contribution in [0.3, 0.4) is 0 Å². The first kappa shape index (κ1) is 17.2. The number of hydrogen-bond acceptors (Lipinski definition) is 2. The first-order valence-corrected chi connectivity index (χ1v) is 8.08. The minimum atomic E-state index is -4.83. The van der Waals surface area contributed by atoms with E-state index in [9.17, 15) is 22.4 Å². The lowest BCUT2D eigenvalue weighted by Gasteiger charge is -2.12. The zero-order valence-corrected chi connectivity index (χ0v) is 13.5. The van der Waals surface area contributed by atoms with Crippen LogP contribution in [-0.4, -0.2) is 10.5 Å². The maximum atomic E-state index is 13.3. The largest absolute Gasteiger partial charge is 0.419 e. The summed E-state index contributed by atoms with van der Waals surface area (Å²) >= 11 is 1.53. The van der Waals surface area contributed by atoms with Gasteiger partial charge in [-0.3, -0.25) is 4.79 Å². The highest BCUT2D eigenvalue weighted by Crippen LogP contribution is 2.33. The predicted molar refractivity (Wildman–Crippen MR) is 87.2 cm³/mol. The summed E-state index contributed by atoms with van der Waals surface area (Å²) in [6.45, 7) is 0.477. The normalized spacial score (nSPS) is 11.5. The van der Waals surface area contributed by atoms with Crippen molar-refractivity contribution in [2.45, 2.75) is 12.7 Å². The maximum Gasteiger partial charge on any atom is 0.419 e. The van der Waals surface area contributed by atoms with Crippen molar-refractivity contribution >= 4 is 22.9 Å². The summed E-state index contributed by atoms with van der Waals surface area (Å²) in [7, 11) is 0. The number of halogens is 4. The van der Waals surface area contributed by atoms with E-state index in [0.717, 1.165) is 10.9 Å². The van der Waals surface area contributed by atoms with Crippen LogP contribution >= 0.6 is 11.3 Å². The van der Waals surface area contributed by atoms with Crippen LogP contribution < -0.4 is 5.32 Å². The van der Waals surface area contributed by atoms with E-state index in [-0.39, 0.29) is 5.69 Å². The Labute approximate surface area is 144 Å². The summed E-state index contributed by atoms with van der Waals surface area (Å²) in [5, 5.41) is 4.29. The quantitative estimate of drug-likeness (QED) is 0.646. The summed E-state index contributed by atoms with van der Waals surface area (Å²) in [5.41, 5.74) is -1.24. The fourth-order valence-electron chi connectivity index (χ4n) is 2.34. The van der Waals surface area contributed by atoms with E-state index < -0.39 is 23.5 Å². The van der Waals surface area contributed by atoms with Crippen LogP contribution in [0.2, 0.25) is 0 Å². The Kier molecular flexibility index (Phi) is 4.63. The molecule has 0 fully saturated rings. The Morgan fingerprint density at radius 2 is 1.96 bits per heavy atom. The van der Waals surface area contributed by atoms with Gasteiger partial charge in [-0.05, 0) is 41.8 Å². The van der Waals surface area contributed by atoms with Gasteiger partial charge in [0.1, 0.15) is 11.5 Å². The van der Waals surface area contributed by atoms with Crippen LogP contribution in [0, 0.1) is 5.82 Å². The van der Waals surface area contributed by atoms with E-state index in [1.165, 1.54) is 11.3 Å². The van der Waals surface area contributed by atoms with Gasteiger partial charge >= 0.3 is 6.18 Å². The molecule has 1 N–H and O–H groups in total. The van der Waals surface area contributed by atoms with Gasteiger partial charge in [0.05, 0.1) is 12.1 Å². The molecule has 0 atom stereocenters. The molecule has 0 unspecified atom stereocenters. The number of anilines is 1. The highest BCUT2D eigenvalue weighted by molar-refractivity contribution is 7.09. The van der Waals surface area contributed by atoms with E-state index in [4.69, 9.17) is 0 Å². The van der Waals surface area contributed by atoms with E-state index in [1.54, 1.807) is 22.9 Å². The van der Waals surface area contributed by atoms with Crippen molar-refractivity contribution in [3.63, 3.8) is 0 Å². The van der Waals surface area contributed by atoms with Gasteiger partial charge in [0.2, 0.25) is 0 Å². The summed E-state index contributed by atoms with van der Waals surface area (Å²) in [6.07, 6.45) is -3.12. The van der Waals surface area contributed by atoms with Gasteiger partial charge in [-0.2, -0.15) is 13.2 Å². The number of nitrogens with one attached hydrogen (secondary N) is 1. The van der Waals surface area contributed by atoms with Gasteiger partial charge in [-0.25, -0.2) is 4.39 Å². The second-order valence-corrected chi connectivity index (χ2v) is 6.28. The molecule has 25 heavy (non-hydrogen) atoms. The lowest BCUT2D eigenvalue weighted by atomic mass is 10.1. The van der Waals surface area contributed by atoms with Crippen LogP contribution in [0.25, 0.3) is 0 Å². The summed E-state index contributed by atoms with van der Waals surface area (Å²) in [4.78, 5) is 13.4. The molecule has 3 aromatic rings. The highest BCUT2D eigenvalue weighted by Gasteiger charge is 2.34. The lowest BCUT2D eigenvalue weighted by Crippen LogP contribution is -2.18. The first-order chi connectivity index (χ1) is 11.8. The summed E-state index contributed by atoms with van der Waals surface area (Å²) in [5.74, 6) is -1.95. The highest BCUT2D eigenvalue weighted by atomic mass is 32.1. The molecule has 0 aliphatic carbocycles. The Balaban J connectivity index is 1.81. The van der Waals surface area contributed by atoms with Crippen molar-refractivity contribution in [1.29, 1.82) is 0 Å². The molecule has 0 aliphatic rings. The molecule has 1 aromatic carbocycles. The van der Waals surface area contributed by atoms with Crippen molar-refractivity contribution in [1.82, 2.24) is 4.57 Å². The fraction of sp³-hybridized carbons (Fsp3) is 0.118. The topological polar surface area (TPSA) is 34.0 Å². The van der Waals surface area contributed by atoms with Crippen molar-refractivity contribution in [3.05, 3.63) is 76.0 Å². The third-order valence-corrected chi connectivity index (χ3v) is 4.36. The molecule has 3 nitrogen and oxygen atoms in total. The maximum absolute atomic E-state index is 13.3. The monoisotopic (exact) mass is 368 g/mol. The summed E-state index contributed by atoms with van der Waals surface area (Å²) in [6, 6.07) is 9.41. The minimum Gasteiger partial charge on any atom is -0.338 e. The molecule has 0 saturated carbocycles. The number of thiophene rings is 1. The van der Waals surface area contributed by atoms with E-state index in [1.807, 2.05) is 17.5 Å². The number of rotatable bonds is 4. The fourth-order valence-corrected chi connectivity index (χ4v) is 3.05. The van der Waals surface area contributed by atoms with Crippen molar-refractivity contribution in [3.8, 4) is 0 Å². The van der Waals surface area contributed by atoms with Crippen LogP contribution in [-0.2, 0) is 12.7 Å². The first-order valence-electron chi connectivity index (χ1n) is 7.20. The second kappa shape index (κ2) is 6.72. The van der Waals surface area contributed by atoms with Crippen LogP contribution in [0.4, 0.5) is 23.2 Å². The number of carbonyl (C=O) groups excluding carboxylic acids is 1. The van der Waals surface area contributed by atoms with E-state index >= 15 is 0 Å². The number of aromatic nitrogens is 1. The third kappa shape index (κ3) is 3.90. The number of benzene rings is 1. The lowest BCUT2D eigenvalue weighted by molar-refractivity contribution is -0.139. The molecule has 0 aliphatic heterocycles. The number of nitrogens with zero attached hydrogens (tertiary/aromatic N) is 1. The standard InChI is InChI=1S/C17H12F4N2OS/c18-14-6-5-11(9-13(14)17(19,20)21)22-16(24)15-4-1-7-23(15)10-12-3-2-8-25-12/h1-9H,10H2,(H,22,24). The molecule has 2 aromatic heterocycles. The molecular weight excluding hydrogens is 356 g/mol. The van der Waals surface area contributed by atoms with E-state index in [2.05, 4.69) is 5.32 Å². The molecule has 0 spiro atoms. The van der Waals surface area contributed by atoms with Crippen molar-refractivity contribution in [2.75, 3.05) is 5.32 Å². The zero-order chi connectivity index (χ0) is 18.0. The molecule has 2 heterocycles. The van der Waals surface area contributed by atoms with Gasteiger partial charge in [0.25, 0.3) is 5.91 Å². The SMILES string of the molecule is O=C(Nc1ccc(F)c(C(F)(F)F)c1)c1cccn1Cc1cccs1. The molecular formula is C17H12F4N2OS. The Morgan fingerprint density at radius 1 is 1.16 bits per heavy atom. The van der Waals surface area contributed by atoms with Crippen LogP contribution in [0.15, 0.2) is 54.0 Å². The average Bonchev–Trinajstić information content (AvgIpc) is 3.20. The third-order valence-electron chi connectivity index (χ3n) is 3.50. The summed E-state index contributed by atoms with van der Waals surface area (Å²) < 4.78 is 53.3. The molecule has 0 radical (unpaired) electrons. The van der Waals surface area contributed by atoms with Crippen LogP contribution in [0.5, 0.6) is 0 Å². The van der Waals surface area contributed by atoms with Gasteiger partial charge in [0, 0.05) is 16.8 Å². The van der Waals surface area contributed by atoms with E-state index in [0.29, 0.717) is 24.4 Å². The number of hydrogen-bond donors (Lipinski definition) is 1. The van der Waals surface area contributed by atoms with Crippen molar-refractivity contribution < 1.29 is 22.4 Å². The van der Waals surface area contributed by atoms with Gasteiger partial charge < -0.3 is 9.88 Å². The molecule has 0 saturated heterocycles. The van der Waals surface area contributed by atoms with Gasteiger partial charge in [-0.1, -0.05) is 6.07 Å². The van der Waals surface area contributed by atoms with Crippen molar-refractivity contribution in [2.24, 2.45) is 0 Å². The predicted octanol–water partition coefficient (Wildman–Crippen LogP) is 5.01. The van der Waals surface area contributed by atoms with Crippen LogP contribution in [0.1, 0.15) is 20.9 Å². The molecule has 3 rings (SSSR count). The second-order valence-electron chi connectivity index (χ2n) is 5.25. The average molecular weight is 368 g/mol. The molecule has 8 heteroatoms. The van der Waals surface area contributed by atoms with Gasteiger partial charge in [-0.15, -0.1) is 11.3 Å². The number of alkyl halides is 3. The minimum absolute atomic E-state index is 0.123. The Hall–Kier alpha value is -2.61. The Bertz CT molecular complexity index is 884. The molecule has 0 bridgehead atoms. The molecule has 1 amide bonds. The number of amides is 1.